The maximum atomic E-state index is 11.9. The molecule has 0 radical (unpaired) electrons. The van der Waals surface area contributed by atoms with Crippen LogP contribution in [-0.4, -0.2) is 29.4 Å². The van der Waals surface area contributed by atoms with E-state index in [0.717, 1.165) is 17.0 Å². The zero-order chi connectivity index (χ0) is 15.3. The molecule has 3 N–H and O–H groups in total. The van der Waals surface area contributed by atoms with Crippen molar-refractivity contribution in [3.05, 3.63) is 17.0 Å². The molecule has 1 heterocycles. The largest absolute Gasteiger partial charge is 0.396 e. The van der Waals surface area contributed by atoms with Crippen molar-refractivity contribution in [1.29, 1.82) is 0 Å². The van der Waals surface area contributed by atoms with E-state index in [1.54, 1.807) is 0 Å². The van der Waals surface area contributed by atoms with E-state index in [1.807, 2.05) is 34.6 Å². The monoisotopic (exact) mass is 283 g/mol. The molecule has 1 rings (SSSR count). The van der Waals surface area contributed by atoms with Gasteiger partial charge < -0.3 is 20.3 Å². The van der Waals surface area contributed by atoms with Gasteiger partial charge in [-0.25, -0.2) is 4.79 Å². The Morgan fingerprint density at radius 1 is 1.45 bits per heavy atom. The Balaban J connectivity index is 2.51. The van der Waals surface area contributed by atoms with Crippen molar-refractivity contribution in [1.82, 2.24) is 15.8 Å². The van der Waals surface area contributed by atoms with E-state index >= 15 is 0 Å². The van der Waals surface area contributed by atoms with E-state index in [0.29, 0.717) is 13.0 Å². The van der Waals surface area contributed by atoms with Crippen molar-refractivity contribution >= 4 is 6.03 Å². The number of aryl methyl sites for hydroxylation is 2. The van der Waals surface area contributed by atoms with Gasteiger partial charge >= 0.3 is 6.03 Å². The van der Waals surface area contributed by atoms with Crippen LogP contribution in [0.5, 0.6) is 0 Å². The Morgan fingerprint density at radius 2 is 2.10 bits per heavy atom. The number of rotatable bonds is 6. The summed E-state index contributed by atoms with van der Waals surface area (Å²) in [5.74, 6) is 0.718. The number of nitrogens with one attached hydrogen (secondary N) is 2. The molecule has 0 spiro atoms. The molecule has 1 atom stereocenters. The van der Waals surface area contributed by atoms with Gasteiger partial charge in [-0.1, -0.05) is 19.0 Å². The number of urea groups is 1. The van der Waals surface area contributed by atoms with Gasteiger partial charge in [0.25, 0.3) is 0 Å². The number of aliphatic hydroxyl groups is 1. The summed E-state index contributed by atoms with van der Waals surface area (Å²) >= 11 is 0. The molecule has 1 unspecified atom stereocenters. The topological polar surface area (TPSA) is 87.4 Å². The lowest BCUT2D eigenvalue weighted by Crippen LogP contribution is -2.42. The number of carbonyl (C=O) groups is 1. The number of nitrogens with zero attached hydrogens (tertiary/aromatic N) is 1. The van der Waals surface area contributed by atoms with Crippen LogP contribution in [-0.2, 0) is 0 Å². The van der Waals surface area contributed by atoms with Crippen LogP contribution < -0.4 is 10.6 Å². The van der Waals surface area contributed by atoms with Crippen LogP contribution in [0.2, 0.25) is 0 Å². The van der Waals surface area contributed by atoms with Gasteiger partial charge in [0.15, 0.2) is 0 Å². The molecular formula is C14H25N3O3. The van der Waals surface area contributed by atoms with E-state index in [4.69, 9.17) is 9.63 Å². The van der Waals surface area contributed by atoms with Crippen LogP contribution in [0.15, 0.2) is 4.52 Å². The molecule has 20 heavy (non-hydrogen) atoms. The van der Waals surface area contributed by atoms with Gasteiger partial charge in [0.2, 0.25) is 0 Å². The molecule has 0 saturated heterocycles. The number of carbonyl (C=O) groups excluding carboxylic acids is 1. The predicted molar refractivity (Wildman–Crippen MR) is 76.4 cm³/mol. The van der Waals surface area contributed by atoms with Crippen molar-refractivity contribution in [2.24, 2.45) is 5.41 Å². The number of aromatic nitrogens is 1. The zero-order valence-corrected chi connectivity index (χ0v) is 12.9. The second-order valence-electron chi connectivity index (χ2n) is 5.92. The van der Waals surface area contributed by atoms with Crippen molar-refractivity contribution in [2.45, 2.75) is 47.1 Å². The molecule has 0 aliphatic heterocycles. The first-order valence-electron chi connectivity index (χ1n) is 6.85. The highest BCUT2D eigenvalue weighted by molar-refractivity contribution is 5.74. The third-order valence-corrected chi connectivity index (χ3v) is 3.39. The lowest BCUT2D eigenvalue weighted by atomic mass is 9.90. The first-order valence-corrected chi connectivity index (χ1v) is 6.85. The van der Waals surface area contributed by atoms with Crippen LogP contribution in [0.25, 0.3) is 0 Å². The molecule has 0 aliphatic rings. The lowest BCUT2D eigenvalue weighted by molar-refractivity contribution is 0.200. The highest BCUT2D eigenvalue weighted by atomic mass is 16.5. The van der Waals surface area contributed by atoms with Gasteiger partial charge in [-0.2, -0.15) is 0 Å². The minimum atomic E-state index is -0.233. The summed E-state index contributed by atoms with van der Waals surface area (Å²) in [7, 11) is 0. The van der Waals surface area contributed by atoms with E-state index < -0.39 is 0 Å². The smallest absolute Gasteiger partial charge is 0.315 e. The van der Waals surface area contributed by atoms with Crippen LogP contribution in [0.1, 0.15) is 50.3 Å². The summed E-state index contributed by atoms with van der Waals surface area (Å²) in [6, 6.07) is -0.397. The number of hydrogen-bond acceptors (Lipinski definition) is 4. The maximum Gasteiger partial charge on any atom is 0.315 e. The van der Waals surface area contributed by atoms with E-state index in [-0.39, 0.29) is 24.1 Å². The minimum Gasteiger partial charge on any atom is -0.396 e. The molecule has 0 bridgehead atoms. The maximum absolute atomic E-state index is 11.9. The van der Waals surface area contributed by atoms with Crippen LogP contribution in [0, 0.1) is 19.3 Å². The van der Waals surface area contributed by atoms with Crippen molar-refractivity contribution in [2.75, 3.05) is 13.2 Å². The molecule has 6 nitrogen and oxygen atoms in total. The summed E-state index contributed by atoms with van der Waals surface area (Å²) in [5, 5.41) is 18.5. The predicted octanol–water partition coefficient (Wildman–Crippen LogP) is 2.06. The Labute approximate surface area is 119 Å². The highest BCUT2D eigenvalue weighted by Gasteiger charge is 2.21. The fourth-order valence-electron chi connectivity index (χ4n) is 2.14. The summed E-state index contributed by atoms with van der Waals surface area (Å²) < 4.78 is 5.09. The number of amides is 2. The average Bonchev–Trinajstić information content (AvgIpc) is 2.66. The molecule has 1 aromatic heterocycles. The zero-order valence-electron chi connectivity index (χ0n) is 12.9. The van der Waals surface area contributed by atoms with Gasteiger partial charge in [0.1, 0.15) is 5.76 Å². The normalized spacial score (nSPS) is 13.1. The van der Waals surface area contributed by atoms with Gasteiger partial charge in [-0.05, 0) is 32.6 Å². The Hall–Kier alpha value is -1.56. The van der Waals surface area contributed by atoms with Gasteiger partial charge in [-0.3, -0.25) is 0 Å². The van der Waals surface area contributed by atoms with Crippen molar-refractivity contribution in [3.63, 3.8) is 0 Å². The molecule has 6 heteroatoms. The Bertz CT molecular complexity index is 435. The molecule has 0 aliphatic carbocycles. The Morgan fingerprint density at radius 3 is 2.60 bits per heavy atom. The van der Waals surface area contributed by atoms with Crippen LogP contribution >= 0.6 is 0 Å². The Kier molecular flexibility index (Phi) is 5.56. The quantitative estimate of drug-likeness (QED) is 0.745. The second-order valence-corrected chi connectivity index (χ2v) is 5.92. The molecular weight excluding hydrogens is 258 g/mol. The fourth-order valence-corrected chi connectivity index (χ4v) is 2.14. The highest BCUT2D eigenvalue weighted by Crippen LogP contribution is 2.21. The van der Waals surface area contributed by atoms with Crippen LogP contribution in [0.4, 0.5) is 4.79 Å². The van der Waals surface area contributed by atoms with Gasteiger partial charge in [-0.15, -0.1) is 0 Å². The molecule has 114 valence electrons. The van der Waals surface area contributed by atoms with Gasteiger partial charge in [0.05, 0.1) is 11.7 Å². The summed E-state index contributed by atoms with van der Waals surface area (Å²) in [6.07, 6.45) is 0.646. The molecule has 1 aromatic rings. The van der Waals surface area contributed by atoms with Gasteiger partial charge in [0, 0.05) is 18.7 Å². The van der Waals surface area contributed by atoms with E-state index in [1.165, 1.54) is 0 Å². The standard InChI is InChI=1S/C14H25N3O3/c1-9(12-10(2)17-20-11(12)3)16-13(19)15-8-14(4,5)6-7-18/h9,18H,6-8H2,1-5H3,(H2,15,16,19). The molecule has 0 saturated carbocycles. The molecule has 0 fully saturated rings. The fraction of sp³-hybridized carbons (Fsp3) is 0.714. The average molecular weight is 283 g/mol. The number of aliphatic hydroxyl groups excluding tert-OH is 1. The first-order chi connectivity index (χ1) is 9.26. The molecule has 0 aromatic carbocycles. The minimum absolute atomic E-state index is 0.117. The third kappa shape index (κ3) is 4.52. The summed E-state index contributed by atoms with van der Waals surface area (Å²) in [4.78, 5) is 11.9. The van der Waals surface area contributed by atoms with E-state index in [9.17, 15) is 4.79 Å². The summed E-state index contributed by atoms with van der Waals surface area (Å²) in [5.41, 5.74) is 1.57. The van der Waals surface area contributed by atoms with Crippen molar-refractivity contribution < 1.29 is 14.4 Å². The van der Waals surface area contributed by atoms with Crippen molar-refractivity contribution in [3.8, 4) is 0 Å². The SMILES string of the molecule is Cc1noc(C)c1C(C)NC(=O)NCC(C)(C)CCO. The third-order valence-electron chi connectivity index (χ3n) is 3.39. The summed E-state index contributed by atoms with van der Waals surface area (Å²) in [6.45, 7) is 10.2. The second kappa shape index (κ2) is 6.74. The lowest BCUT2D eigenvalue weighted by Gasteiger charge is -2.24. The van der Waals surface area contributed by atoms with Crippen LogP contribution in [0.3, 0.4) is 0 Å². The van der Waals surface area contributed by atoms with E-state index in [2.05, 4.69) is 15.8 Å². The number of hydrogen-bond donors (Lipinski definition) is 3. The first kappa shape index (κ1) is 16.5. The molecule has 2 amide bonds.